The molecule has 5 nitrogen and oxygen atoms in total. The van der Waals surface area contributed by atoms with E-state index in [1.165, 1.54) is 0 Å². The van der Waals surface area contributed by atoms with E-state index in [0.29, 0.717) is 4.77 Å². The number of halogens is 1. The number of rotatable bonds is 1. The summed E-state index contributed by atoms with van der Waals surface area (Å²) in [6.07, 6.45) is 3.47. The highest BCUT2D eigenvalue weighted by Gasteiger charge is 2.26. The Morgan fingerprint density at radius 3 is 3.17 bits per heavy atom. The lowest BCUT2D eigenvalue weighted by Gasteiger charge is -2.23. The number of hydrogen-bond acceptors (Lipinski definition) is 3. The van der Waals surface area contributed by atoms with E-state index >= 15 is 0 Å². The highest BCUT2D eigenvalue weighted by Crippen LogP contribution is 2.24. The van der Waals surface area contributed by atoms with E-state index in [4.69, 9.17) is 12.2 Å². The van der Waals surface area contributed by atoms with Gasteiger partial charge in [0.25, 0.3) is 0 Å². The van der Waals surface area contributed by atoms with Crippen molar-refractivity contribution in [3.63, 3.8) is 0 Å². The van der Waals surface area contributed by atoms with Crippen LogP contribution in [0.15, 0.2) is 16.7 Å². The fourth-order valence-corrected chi connectivity index (χ4v) is 2.93. The molecule has 94 valence electrons. The van der Waals surface area contributed by atoms with Gasteiger partial charge in [0, 0.05) is 17.2 Å². The van der Waals surface area contributed by atoms with Crippen molar-refractivity contribution in [3.8, 4) is 0 Å². The maximum atomic E-state index is 11.9. The number of carbonyl (C=O) groups excluding carboxylic acids is 1. The third-order valence-corrected chi connectivity index (χ3v) is 3.82. The molecular formula is C11H11BrN4OS. The predicted octanol–water partition coefficient (Wildman–Crippen LogP) is 2.31. The molecule has 1 amide bonds. The lowest BCUT2D eigenvalue weighted by molar-refractivity contribution is -0.125. The molecule has 3 heterocycles. The monoisotopic (exact) mass is 326 g/mol. The summed E-state index contributed by atoms with van der Waals surface area (Å²) in [7, 11) is 0. The van der Waals surface area contributed by atoms with Gasteiger partial charge in [-0.25, -0.2) is 4.98 Å². The van der Waals surface area contributed by atoms with Crippen LogP contribution in [0.2, 0.25) is 0 Å². The van der Waals surface area contributed by atoms with Crippen molar-refractivity contribution in [2.45, 2.75) is 18.9 Å². The SMILES string of the molecule is O=C1NCCCC1n1c(=S)[nH]c2cc(Br)cnc21. The summed E-state index contributed by atoms with van der Waals surface area (Å²) < 4.78 is 3.23. The number of H-pyrrole nitrogens is 1. The Morgan fingerprint density at radius 1 is 1.56 bits per heavy atom. The molecule has 1 aliphatic rings. The van der Waals surface area contributed by atoms with E-state index in [0.717, 1.165) is 35.0 Å². The van der Waals surface area contributed by atoms with Gasteiger partial charge in [-0.3, -0.25) is 9.36 Å². The summed E-state index contributed by atoms with van der Waals surface area (Å²) in [5.74, 6) is 0.0166. The van der Waals surface area contributed by atoms with Gasteiger partial charge in [-0.2, -0.15) is 0 Å². The van der Waals surface area contributed by atoms with Crippen LogP contribution in [0.3, 0.4) is 0 Å². The van der Waals surface area contributed by atoms with Crippen molar-refractivity contribution in [1.82, 2.24) is 19.9 Å². The number of hydrogen-bond donors (Lipinski definition) is 2. The Morgan fingerprint density at radius 2 is 2.39 bits per heavy atom. The number of carbonyl (C=O) groups is 1. The summed E-state index contributed by atoms with van der Waals surface area (Å²) in [5.41, 5.74) is 1.57. The average Bonchev–Trinajstić information content (AvgIpc) is 2.65. The van der Waals surface area contributed by atoms with Crippen LogP contribution in [-0.2, 0) is 4.79 Å². The summed E-state index contributed by atoms with van der Waals surface area (Å²) in [6, 6.07) is 1.66. The van der Waals surface area contributed by atoms with Crippen molar-refractivity contribution in [2.24, 2.45) is 0 Å². The van der Waals surface area contributed by atoms with Gasteiger partial charge in [-0.1, -0.05) is 0 Å². The predicted molar refractivity (Wildman–Crippen MR) is 73.9 cm³/mol. The van der Waals surface area contributed by atoms with Crippen LogP contribution in [0.25, 0.3) is 11.2 Å². The molecule has 1 saturated heterocycles. The van der Waals surface area contributed by atoms with E-state index in [1.54, 1.807) is 6.20 Å². The van der Waals surface area contributed by atoms with Crippen molar-refractivity contribution < 1.29 is 4.79 Å². The number of piperidine rings is 1. The van der Waals surface area contributed by atoms with Crippen LogP contribution in [0, 0.1) is 4.77 Å². The fourth-order valence-electron chi connectivity index (χ4n) is 2.28. The number of pyridine rings is 1. The van der Waals surface area contributed by atoms with Crippen molar-refractivity contribution in [3.05, 3.63) is 21.5 Å². The van der Waals surface area contributed by atoms with Crippen LogP contribution < -0.4 is 5.32 Å². The summed E-state index contributed by atoms with van der Waals surface area (Å²) in [5, 5.41) is 2.87. The number of aromatic nitrogens is 3. The molecule has 0 aliphatic carbocycles. The number of nitrogens with one attached hydrogen (secondary N) is 2. The van der Waals surface area contributed by atoms with Crippen molar-refractivity contribution in [1.29, 1.82) is 0 Å². The standard InChI is InChI=1S/C11H11BrN4OS/c12-6-4-7-9(14-5-6)16(11(18)15-7)8-2-1-3-13-10(8)17/h4-5,8H,1-3H2,(H,13,17)(H,15,18). The molecule has 1 aliphatic heterocycles. The molecule has 2 aromatic heterocycles. The normalized spacial score (nSPS) is 20.1. The maximum absolute atomic E-state index is 11.9. The number of fused-ring (bicyclic) bond motifs is 1. The smallest absolute Gasteiger partial charge is 0.243 e. The molecule has 2 aromatic rings. The maximum Gasteiger partial charge on any atom is 0.243 e. The summed E-state index contributed by atoms with van der Waals surface area (Å²) in [4.78, 5) is 19.4. The van der Waals surface area contributed by atoms with Crippen LogP contribution in [0.5, 0.6) is 0 Å². The van der Waals surface area contributed by atoms with Crippen LogP contribution >= 0.6 is 28.1 Å². The number of aromatic amines is 1. The van der Waals surface area contributed by atoms with Crippen LogP contribution in [-0.4, -0.2) is 27.0 Å². The van der Waals surface area contributed by atoms with Gasteiger partial charge in [-0.05, 0) is 47.1 Å². The first kappa shape index (κ1) is 11.9. The van der Waals surface area contributed by atoms with Gasteiger partial charge in [0.05, 0.1) is 5.52 Å². The molecule has 3 rings (SSSR count). The Hall–Kier alpha value is -1.21. The largest absolute Gasteiger partial charge is 0.354 e. The summed E-state index contributed by atoms with van der Waals surface area (Å²) in [6.45, 7) is 0.740. The van der Waals surface area contributed by atoms with E-state index in [-0.39, 0.29) is 11.9 Å². The molecule has 7 heteroatoms. The third-order valence-electron chi connectivity index (χ3n) is 3.09. The first-order chi connectivity index (χ1) is 8.66. The second-order valence-electron chi connectivity index (χ2n) is 4.27. The molecule has 0 aromatic carbocycles. The van der Waals surface area contributed by atoms with Crippen molar-refractivity contribution >= 4 is 45.2 Å². The zero-order valence-corrected chi connectivity index (χ0v) is 11.8. The number of imidazole rings is 1. The molecule has 2 N–H and O–H groups in total. The van der Waals surface area contributed by atoms with Gasteiger partial charge in [0.1, 0.15) is 6.04 Å². The minimum atomic E-state index is -0.256. The Kier molecular flexibility index (Phi) is 2.95. The lowest BCUT2D eigenvalue weighted by Crippen LogP contribution is -2.38. The molecule has 0 radical (unpaired) electrons. The molecule has 18 heavy (non-hydrogen) atoms. The highest BCUT2D eigenvalue weighted by atomic mass is 79.9. The first-order valence-electron chi connectivity index (χ1n) is 5.70. The Labute approximate surface area is 117 Å². The quantitative estimate of drug-likeness (QED) is 0.790. The minimum absolute atomic E-state index is 0.0166. The second kappa shape index (κ2) is 4.47. The van der Waals surface area contributed by atoms with E-state index in [9.17, 15) is 4.79 Å². The van der Waals surface area contributed by atoms with Gasteiger partial charge >= 0.3 is 0 Å². The van der Waals surface area contributed by atoms with Crippen LogP contribution in [0.1, 0.15) is 18.9 Å². The second-order valence-corrected chi connectivity index (χ2v) is 5.58. The molecule has 0 bridgehead atoms. The number of nitrogens with zero attached hydrogens (tertiary/aromatic N) is 2. The van der Waals surface area contributed by atoms with Gasteiger partial charge in [-0.15, -0.1) is 0 Å². The zero-order valence-electron chi connectivity index (χ0n) is 9.44. The highest BCUT2D eigenvalue weighted by molar-refractivity contribution is 9.10. The molecular weight excluding hydrogens is 316 g/mol. The zero-order chi connectivity index (χ0) is 12.7. The topological polar surface area (TPSA) is 62.7 Å². The first-order valence-corrected chi connectivity index (χ1v) is 6.90. The Bertz CT molecular complexity index is 677. The number of amides is 1. The third kappa shape index (κ3) is 1.87. The molecule has 1 atom stereocenters. The van der Waals surface area contributed by atoms with E-state index in [1.807, 2.05) is 10.6 Å². The van der Waals surface area contributed by atoms with E-state index in [2.05, 4.69) is 31.2 Å². The molecule has 1 fully saturated rings. The fraction of sp³-hybridized carbons (Fsp3) is 0.364. The average molecular weight is 327 g/mol. The Balaban J connectivity index is 2.19. The van der Waals surface area contributed by atoms with Crippen molar-refractivity contribution in [2.75, 3.05) is 6.54 Å². The van der Waals surface area contributed by atoms with Gasteiger partial charge < -0.3 is 10.3 Å². The molecule has 1 unspecified atom stereocenters. The van der Waals surface area contributed by atoms with Gasteiger partial charge in [0.2, 0.25) is 5.91 Å². The summed E-state index contributed by atoms with van der Waals surface area (Å²) >= 11 is 8.67. The minimum Gasteiger partial charge on any atom is -0.354 e. The molecule has 0 spiro atoms. The van der Waals surface area contributed by atoms with Gasteiger partial charge in [0.15, 0.2) is 10.4 Å². The molecule has 0 saturated carbocycles. The van der Waals surface area contributed by atoms with E-state index < -0.39 is 0 Å². The van der Waals surface area contributed by atoms with Crippen LogP contribution in [0.4, 0.5) is 0 Å². The lowest BCUT2D eigenvalue weighted by atomic mass is 10.1.